The molecular formula is C9H13NO4. The first-order valence-corrected chi connectivity index (χ1v) is 3.91. The monoisotopic (exact) mass is 199 g/mol. The van der Waals surface area contributed by atoms with Crippen LogP contribution >= 0.6 is 0 Å². The number of hydrogen-bond acceptors (Lipinski definition) is 3. The molecule has 0 aromatic rings. The van der Waals surface area contributed by atoms with Gasteiger partial charge >= 0.3 is 12.1 Å². The zero-order chi connectivity index (χ0) is 11.1. The van der Waals surface area contributed by atoms with Crippen molar-refractivity contribution in [2.24, 2.45) is 0 Å². The SMILES string of the molecule is C=CCOC(=O)NC(C(=C)C)C(=O)O. The van der Waals surface area contributed by atoms with Crippen molar-refractivity contribution in [3.8, 4) is 0 Å². The van der Waals surface area contributed by atoms with Gasteiger partial charge in [-0.25, -0.2) is 9.59 Å². The van der Waals surface area contributed by atoms with E-state index in [9.17, 15) is 9.59 Å². The largest absolute Gasteiger partial charge is 0.479 e. The van der Waals surface area contributed by atoms with Crippen LogP contribution in [-0.4, -0.2) is 29.8 Å². The molecule has 0 fully saturated rings. The first kappa shape index (κ1) is 12.2. The molecule has 1 amide bonds. The molecule has 0 aromatic heterocycles. The fraction of sp³-hybridized carbons (Fsp3) is 0.333. The molecule has 5 nitrogen and oxygen atoms in total. The average molecular weight is 199 g/mol. The van der Waals surface area contributed by atoms with Crippen LogP contribution in [0.5, 0.6) is 0 Å². The van der Waals surface area contributed by atoms with Gasteiger partial charge in [-0.15, -0.1) is 0 Å². The molecule has 0 spiro atoms. The van der Waals surface area contributed by atoms with Crippen molar-refractivity contribution in [1.82, 2.24) is 5.32 Å². The second-order valence-corrected chi connectivity index (χ2v) is 2.65. The number of hydrogen-bond donors (Lipinski definition) is 2. The minimum absolute atomic E-state index is 0.0361. The van der Waals surface area contributed by atoms with Crippen LogP contribution in [0.2, 0.25) is 0 Å². The highest BCUT2D eigenvalue weighted by atomic mass is 16.5. The zero-order valence-corrected chi connectivity index (χ0v) is 7.95. The van der Waals surface area contributed by atoms with Gasteiger partial charge in [-0.05, 0) is 12.5 Å². The molecule has 0 radical (unpaired) electrons. The van der Waals surface area contributed by atoms with Crippen molar-refractivity contribution in [1.29, 1.82) is 0 Å². The van der Waals surface area contributed by atoms with Crippen molar-refractivity contribution in [2.75, 3.05) is 6.61 Å². The average Bonchev–Trinajstić information content (AvgIpc) is 2.09. The maximum absolute atomic E-state index is 10.9. The highest BCUT2D eigenvalue weighted by Gasteiger charge is 2.20. The number of nitrogens with one attached hydrogen (secondary N) is 1. The normalized spacial score (nSPS) is 11.2. The Kier molecular flexibility index (Phi) is 5.06. The number of carboxylic acid groups (broad SMARTS) is 1. The van der Waals surface area contributed by atoms with Gasteiger partial charge in [0.15, 0.2) is 6.04 Å². The number of rotatable bonds is 5. The van der Waals surface area contributed by atoms with Crippen LogP contribution in [0.1, 0.15) is 6.92 Å². The number of carbonyl (C=O) groups is 2. The van der Waals surface area contributed by atoms with Crippen molar-refractivity contribution >= 4 is 12.1 Å². The van der Waals surface area contributed by atoms with E-state index in [4.69, 9.17) is 5.11 Å². The van der Waals surface area contributed by atoms with Crippen LogP contribution in [0.3, 0.4) is 0 Å². The van der Waals surface area contributed by atoms with E-state index in [1.807, 2.05) is 0 Å². The first-order valence-electron chi connectivity index (χ1n) is 3.91. The summed E-state index contributed by atoms with van der Waals surface area (Å²) in [7, 11) is 0. The molecule has 0 saturated carbocycles. The van der Waals surface area contributed by atoms with Gasteiger partial charge < -0.3 is 15.2 Å². The van der Waals surface area contributed by atoms with E-state index in [-0.39, 0.29) is 6.61 Å². The summed E-state index contributed by atoms with van der Waals surface area (Å²) in [5, 5.41) is 10.8. The summed E-state index contributed by atoms with van der Waals surface area (Å²) in [4.78, 5) is 21.5. The van der Waals surface area contributed by atoms with Gasteiger partial charge in [-0.2, -0.15) is 0 Å². The Morgan fingerprint density at radius 1 is 1.64 bits per heavy atom. The minimum atomic E-state index is -1.17. The fourth-order valence-corrected chi connectivity index (χ4v) is 0.690. The highest BCUT2D eigenvalue weighted by Crippen LogP contribution is 1.98. The van der Waals surface area contributed by atoms with Gasteiger partial charge in [0.1, 0.15) is 6.61 Å². The molecule has 0 rings (SSSR count). The Bertz CT molecular complexity index is 246. The third kappa shape index (κ3) is 4.30. The number of amides is 1. The van der Waals surface area contributed by atoms with Crippen molar-refractivity contribution in [3.05, 3.63) is 24.8 Å². The van der Waals surface area contributed by atoms with Crippen LogP contribution in [-0.2, 0) is 9.53 Å². The lowest BCUT2D eigenvalue weighted by Gasteiger charge is -2.13. The summed E-state index contributed by atoms with van der Waals surface area (Å²) >= 11 is 0. The van der Waals surface area contributed by atoms with Crippen LogP contribution in [0, 0.1) is 0 Å². The molecule has 1 atom stereocenters. The van der Waals surface area contributed by atoms with Crippen LogP contribution in [0.15, 0.2) is 24.8 Å². The molecule has 0 aliphatic rings. The smallest absolute Gasteiger partial charge is 0.408 e. The van der Waals surface area contributed by atoms with Crippen molar-refractivity contribution in [3.63, 3.8) is 0 Å². The lowest BCUT2D eigenvalue weighted by atomic mass is 10.1. The van der Waals surface area contributed by atoms with Crippen molar-refractivity contribution in [2.45, 2.75) is 13.0 Å². The predicted molar refractivity (Wildman–Crippen MR) is 50.9 cm³/mol. The summed E-state index contributed by atoms with van der Waals surface area (Å²) in [5.74, 6) is -1.17. The van der Waals surface area contributed by atoms with Gasteiger partial charge in [0, 0.05) is 0 Å². The van der Waals surface area contributed by atoms with E-state index in [0.717, 1.165) is 0 Å². The summed E-state index contributed by atoms with van der Waals surface area (Å²) in [6.45, 7) is 8.32. The quantitative estimate of drug-likeness (QED) is 0.646. The van der Waals surface area contributed by atoms with Gasteiger partial charge in [-0.1, -0.05) is 19.2 Å². The number of carboxylic acids is 1. The van der Waals surface area contributed by atoms with Gasteiger partial charge in [0.2, 0.25) is 0 Å². The molecule has 5 heteroatoms. The topological polar surface area (TPSA) is 75.6 Å². The Balaban J connectivity index is 4.16. The predicted octanol–water partition coefficient (Wildman–Crippen LogP) is 0.928. The van der Waals surface area contributed by atoms with Gasteiger partial charge in [0.05, 0.1) is 0 Å². The fourth-order valence-electron chi connectivity index (χ4n) is 0.690. The molecular weight excluding hydrogens is 186 g/mol. The Morgan fingerprint density at radius 2 is 2.21 bits per heavy atom. The summed E-state index contributed by atoms with van der Waals surface area (Å²) in [5.41, 5.74) is 0.327. The lowest BCUT2D eigenvalue weighted by Crippen LogP contribution is -2.41. The molecule has 0 saturated heterocycles. The molecule has 1 unspecified atom stereocenters. The Labute approximate surface area is 82.1 Å². The zero-order valence-electron chi connectivity index (χ0n) is 7.95. The Morgan fingerprint density at radius 3 is 2.57 bits per heavy atom. The number of carbonyl (C=O) groups excluding carboxylic acids is 1. The molecule has 14 heavy (non-hydrogen) atoms. The van der Waals surface area contributed by atoms with Crippen LogP contribution in [0.25, 0.3) is 0 Å². The van der Waals surface area contributed by atoms with E-state index in [1.165, 1.54) is 13.0 Å². The van der Waals surface area contributed by atoms with Gasteiger partial charge in [0.25, 0.3) is 0 Å². The third-order valence-electron chi connectivity index (χ3n) is 1.33. The molecule has 0 bridgehead atoms. The number of aliphatic carboxylic acids is 1. The standard InChI is InChI=1S/C9H13NO4/c1-4-5-14-9(13)10-7(6(2)3)8(11)12/h4,7H,1-2,5H2,3H3,(H,10,13)(H,11,12). The summed E-state index contributed by atoms with van der Waals surface area (Å²) in [6, 6.07) is -1.12. The summed E-state index contributed by atoms with van der Waals surface area (Å²) < 4.78 is 4.55. The lowest BCUT2D eigenvalue weighted by molar-refractivity contribution is -0.138. The van der Waals surface area contributed by atoms with E-state index in [0.29, 0.717) is 5.57 Å². The highest BCUT2D eigenvalue weighted by molar-refractivity contribution is 5.82. The second-order valence-electron chi connectivity index (χ2n) is 2.65. The summed E-state index contributed by atoms with van der Waals surface area (Å²) in [6.07, 6.45) is 0.580. The van der Waals surface area contributed by atoms with Crippen LogP contribution in [0.4, 0.5) is 4.79 Å². The van der Waals surface area contributed by atoms with Gasteiger partial charge in [-0.3, -0.25) is 0 Å². The number of ether oxygens (including phenoxy) is 1. The molecule has 0 aliphatic carbocycles. The molecule has 0 aromatic carbocycles. The van der Waals surface area contributed by atoms with E-state index in [2.05, 4.69) is 23.2 Å². The van der Waals surface area contributed by atoms with Crippen molar-refractivity contribution < 1.29 is 19.4 Å². The van der Waals surface area contributed by atoms with E-state index < -0.39 is 18.1 Å². The Hall–Kier alpha value is -1.78. The van der Waals surface area contributed by atoms with E-state index in [1.54, 1.807) is 0 Å². The third-order valence-corrected chi connectivity index (χ3v) is 1.33. The maximum atomic E-state index is 10.9. The maximum Gasteiger partial charge on any atom is 0.408 e. The molecule has 78 valence electrons. The molecule has 0 aliphatic heterocycles. The second kappa shape index (κ2) is 5.80. The minimum Gasteiger partial charge on any atom is -0.479 e. The molecule has 2 N–H and O–H groups in total. The first-order chi connectivity index (χ1) is 6.49. The van der Waals surface area contributed by atoms with Crippen LogP contribution < -0.4 is 5.32 Å². The number of alkyl carbamates (subject to hydrolysis) is 1. The molecule has 0 heterocycles. The van der Waals surface area contributed by atoms with E-state index >= 15 is 0 Å².